The minimum Gasteiger partial charge on any atom is -0.457 e. The van der Waals surface area contributed by atoms with Crippen molar-refractivity contribution in [2.75, 3.05) is 10.6 Å². The van der Waals surface area contributed by atoms with Gasteiger partial charge in [-0.1, -0.05) is 84.9 Å². The van der Waals surface area contributed by atoms with Crippen molar-refractivity contribution in [1.82, 2.24) is 0 Å². The van der Waals surface area contributed by atoms with Crippen molar-refractivity contribution in [1.29, 1.82) is 0 Å². The van der Waals surface area contributed by atoms with E-state index in [0.717, 1.165) is 32.7 Å². The summed E-state index contributed by atoms with van der Waals surface area (Å²) in [6.07, 6.45) is 6.71. The molecule has 2 amide bonds. The summed E-state index contributed by atoms with van der Waals surface area (Å²) in [6.45, 7) is 0. The van der Waals surface area contributed by atoms with E-state index in [1.54, 1.807) is 48.5 Å². The van der Waals surface area contributed by atoms with Crippen LogP contribution in [0.2, 0.25) is 0 Å². The first-order valence-corrected chi connectivity index (χ1v) is 13.9. The van der Waals surface area contributed by atoms with Gasteiger partial charge in [-0.25, -0.2) is 0 Å². The zero-order chi connectivity index (χ0) is 29.4. The Kier molecular flexibility index (Phi) is 8.05. The number of carbonyl (C=O) groups excluding carboxylic acids is 2. The summed E-state index contributed by atoms with van der Waals surface area (Å²) < 4.78 is 5.94. The number of hydrogen-bond acceptors (Lipinski definition) is 3. The second-order valence-electron chi connectivity index (χ2n) is 9.93. The Morgan fingerprint density at radius 3 is 1.30 bits per heavy atom. The van der Waals surface area contributed by atoms with E-state index in [1.165, 1.54) is 12.2 Å². The molecule has 43 heavy (non-hydrogen) atoms. The van der Waals surface area contributed by atoms with Gasteiger partial charge in [-0.05, 0) is 93.4 Å². The molecule has 0 radical (unpaired) electrons. The lowest BCUT2D eigenvalue weighted by Gasteiger charge is -2.09. The molecule has 6 aromatic carbocycles. The second kappa shape index (κ2) is 12.7. The van der Waals surface area contributed by atoms with E-state index < -0.39 is 0 Å². The second-order valence-corrected chi connectivity index (χ2v) is 9.93. The normalized spacial score (nSPS) is 11.3. The third-order valence-electron chi connectivity index (χ3n) is 6.95. The molecule has 0 atom stereocenters. The summed E-state index contributed by atoms with van der Waals surface area (Å²) in [7, 11) is 0. The number of nitrogens with one attached hydrogen (secondary N) is 2. The van der Waals surface area contributed by atoms with Crippen LogP contribution in [-0.2, 0) is 9.59 Å². The largest absolute Gasteiger partial charge is 0.457 e. The molecule has 0 unspecified atom stereocenters. The topological polar surface area (TPSA) is 67.4 Å². The van der Waals surface area contributed by atoms with E-state index in [9.17, 15) is 9.59 Å². The molecule has 5 heteroatoms. The number of hydrogen-bond donors (Lipinski definition) is 2. The number of carbonyl (C=O) groups is 2. The van der Waals surface area contributed by atoms with Gasteiger partial charge in [0.05, 0.1) is 0 Å². The van der Waals surface area contributed by atoms with Gasteiger partial charge in [-0.15, -0.1) is 0 Å². The van der Waals surface area contributed by atoms with Crippen LogP contribution in [0.5, 0.6) is 11.5 Å². The molecule has 0 aromatic heterocycles. The number of rotatable bonds is 8. The Balaban J connectivity index is 1.01. The van der Waals surface area contributed by atoms with Gasteiger partial charge in [-0.2, -0.15) is 0 Å². The lowest BCUT2D eigenvalue weighted by Crippen LogP contribution is -2.07. The first-order chi connectivity index (χ1) is 21.1. The van der Waals surface area contributed by atoms with E-state index in [2.05, 4.69) is 34.9 Å². The van der Waals surface area contributed by atoms with Crippen molar-refractivity contribution in [3.63, 3.8) is 0 Å². The highest BCUT2D eigenvalue weighted by atomic mass is 16.5. The smallest absolute Gasteiger partial charge is 0.248 e. The molecule has 2 N–H and O–H groups in total. The molecule has 6 aromatic rings. The average molecular weight is 561 g/mol. The summed E-state index contributed by atoms with van der Waals surface area (Å²) in [5.74, 6) is 0.815. The SMILES string of the molecule is O=C(/C=C/c1cccc2ccccc12)Nc1ccc(Oc2ccc(NC(=O)/C=C/c3cccc4ccccc34)cc2)cc1. The molecule has 0 aliphatic carbocycles. The monoisotopic (exact) mass is 560 g/mol. The van der Waals surface area contributed by atoms with Gasteiger partial charge in [0.25, 0.3) is 0 Å². The number of ether oxygens (including phenoxy) is 1. The zero-order valence-electron chi connectivity index (χ0n) is 23.2. The lowest BCUT2D eigenvalue weighted by molar-refractivity contribution is -0.112. The molecule has 0 saturated carbocycles. The van der Waals surface area contributed by atoms with Gasteiger partial charge in [0.1, 0.15) is 11.5 Å². The fourth-order valence-corrected chi connectivity index (χ4v) is 4.84. The first kappa shape index (κ1) is 27.2. The Hall–Kier alpha value is -5.94. The number of anilines is 2. The third-order valence-corrected chi connectivity index (χ3v) is 6.95. The lowest BCUT2D eigenvalue weighted by atomic mass is 10.0. The Morgan fingerprint density at radius 2 is 0.860 bits per heavy atom. The standard InChI is InChI=1S/C38H28N2O3/c41-37(25-15-29-11-5-9-27-7-1-3-13-35(27)29)39-31-17-21-33(22-18-31)43-34-23-19-32(20-24-34)40-38(42)26-16-30-12-6-10-28-8-2-4-14-36(28)30/h1-26H,(H,39,41)(H,40,42)/b25-15+,26-16+. The number of amides is 2. The van der Waals surface area contributed by atoms with Crippen molar-refractivity contribution < 1.29 is 14.3 Å². The van der Waals surface area contributed by atoms with Crippen LogP contribution in [0.4, 0.5) is 11.4 Å². The molecule has 0 saturated heterocycles. The molecule has 6 rings (SSSR count). The maximum absolute atomic E-state index is 12.5. The van der Waals surface area contributed by atoms with E-state index in [1.807, 2.05) is 72.8 Å². The minimum atomic E-state index is -0.216. The fourth-order valence-electron chi connectivity index (χ4n) is 4.84. The van der Waals surface area contributed by atoms with Crippen molar-refractivity contribution >= 4 is 56.9 Å². The Morgan fingerprint density at radius 1 is 0.465 bits per heavy atom. The highest BCUT2D eigenvalue weighted by molar-refractivity contribution is 6.04. The van der Waals surface area contributed by atoms with Crippen LogP contribution < -0.4 is 15.4 Å². The van der Waals surface area contributed by atoms with Gasteiger partial charge in [0.15, 0.2) is 0 Å². The van der Waals surface area contributed by atoms with Crippen LogP contribution in [0.1, 0.15) is 11.1 Å². The molecule has 0 fully saturated rings. The van der Waals surface area contributed by atoms with Gasteiger partial charge >= 0.3 is 0 Å². The van der Waals surface area contributed by atoms with Gasteiger partial charge in [-0.3, -0.25) is 9.59 Å². The molecular formula is C38H28N2O3. The first-order valence-electron chi connectivity index (χ1n) is 13.9. The summed E-state index contributed by atoms with van der Waals surface area (Å²) in [6, 6.07) is 42.5. The van der Waals surface area contributed by atoms with E-state index >= 15 is 0 Å². The number of benzene rings is 6. The minimum absolute atomic E-state index is 0.216. The molecule has 0 bridgehead atoms. The van der Waals surface area contributed by atoms with Gasteiger partial charge < -0.3 is 15.4 Å². The van der Waals surface area contributed by atoms with Crippen molar-refractivity contribution in [2.45, 2.75) is 0 Å². The quantitative estimate of drug-likeness (QED) is 0.183. The van der Waals surface area contributed by atoms with Crippen molar-refractivity contribution in [3.05, 3.63) is 157 Å². The molecule has 0 heterocycles. The summed E-state index contributed by atoms with van der Waals surface area (Å²) in [5, 5.41) is 10.2. The molecule has 0 aliphatic heterocycles. The van der Waals surface area contributed by atoms with Crippen molar-refractivity contribution in [2.24, 2.45) is 0 Å². The van der Waals surface area contributed by atoms with Crippen LogP contribution in [-0.4, -0.2) is 11.8 Å². The average Bonchev–Trinajstić information content (AvgIpc) is 3.04. The molecular weight excluding hydrogens is 532 g/mol. The van der Waals surface area contributed by atoms with E-state index in [0.29, 0.717) is 22.9 Å². The van der Waals surface area contributed by atoms with Crippen LogP contribution in [0.25, 0.3) is 33.7 Å². The summed E-state index contributed by atoms with van der Waals surface area (Å²) in [5.41, 5.74) is 3.30. The van der Waals surface area contributed by atoms with E-state index in [4.69, 9.17) is 4.74 Å². The predicted octanol–water partition coefficient (Wildman–Crippen LogP) is 9.09. The molecule has 0 aliphatic rings. The third kappa shape index (κ3) is 6.87. The Labute approximate surface area is 249 Å². The zero-order valence-corrected chi connectivity index (χ0v) is 23.2. The molecule has 0 spiro atoms. The van der Waals surface area contributed by atoms with Crippen LogP contribution in [0.3, 0.4) is 0 Å². The summed E-state index contributed by atoms with van der Waals surface area (Å²) in [4.78, 5) is 25.0. The fraction of sp³-hybridized carbons (Fsp3) is 0. The number of fused-ring (bicyclic) bond motifs is 2. The predicted molar refractivity (Wildman–Crippen MR) is 176 cm³/mol. The van der Waals surface area contributed by atoms with Crippen LogP contribution in [0.15, 0.2) is 146 Å². The van der Waals surface area contributed by atoms with Crippen LogP contribution in [0, 0.1) is 0 Å². The Bertz CT molecular complexity index is 1820. The van der Waals surface area contributed by atoms with Crippen molar-refractivity contribution in [3.8, 4) is 11.5 Å². The van der Waals surface area contributed by atoms with Gasteiger partial charge in [0, 0.05) is 23.5 Å². The molecule has 5 nitrogen and oxygen atoms in total. The van der Waals surface area contributed by atoms with E-state index in [-0.39, 0.29) is 11.8 Å². The molecule has 208 valence electrons. The highest BCUT2D eigenvalue weighted by Crippen LogP contribution is 2.25. The van der Waals surface area contributed by atoms with Crippen LogP contribution >= 0.6 is 0 Å². The highest BCUT2D eigenvalue weighted by Gasteiger charge is 2.04. The summed E-state index contributed by atoms with van der Waals surface area (Å²) >= 11 is 0. The maximum Gasteiger partial charge on any atom is 0.248 e. The van der Waals surface area contributed by atoms with Gasteiger partial charge in [0.2, 0.25) is 11.8 Å². The maximum atomic E-state index is 12.5.